The van der Waals surface area contributed by atoms with Crippen LogP contribution in [0, 0.1) is 35.5 Å². The first-order valence-corrected chi connectivity index (χ1v) is 15.3. The normalized spacial score (nSPS) is 52.3. The molecule has 13 atom stereocenters. The SMILES string of the molecule is C=C(C)[C@]12C[C@@H](C)[C@]34OC5(CCCCCCC[C@@H](C)[C@@H]([C@H](C)C(=O)OC)[C@@H]3C(=O)[C@H](O)[C@@]3(CO)O[C@H]3[C@H]4[C@H]1O5)O2. The third kappa shape index (κ3) is 3.60. The largest absolute Gasteiger partial charge is 0.469 e. The Labute approximate surface area is 236 Å². The van der Waals surface area contributed by atoms with E-state index in [9.17, 15) is 19.8 Å². The lowest BCUT2D eigenvalue weighted by atomic mass is 9.51. The molecule has 9 nitrogen and oxygen atoms in total. The Kier molecular flexibility index (Phi) is 6.88. The second-order valence-corrected chi connectivity index (χ2v) is 13.7. The van der Waals surface area contributed by atoms with Gasteiger partial charge in [-0.15, -0.1) is 0 Å². The van der Waals surface area contributed by atoms with Crippen molar-refractivity contribution in [1.82, 2.24) is 0 Å². The van der Waals surface area contributed by atoms with Crippen LogP contribution in [0.1, 0.15) is 79.1 Å². The van der Waals surface area contributed by atoms with Crippen molar-refractivity contribution >= 4 is 11.8 Å². The van der Waals surface area contributed by atoms with Crippen LogP contribution in [0.3, 0.4) is 0 Å². The number of Topliss-reactive ketones (excluding diaryl/α,β-unsaturated/α-hetero) is 1. The first-order valence-electron chi connectivity index (χ1n) is 15.3. The second-order valence-electron chi connectivity index (χ2n) is 13.7. The molecule has 2 saturated carbocycles. The number of methoxy groups -OCH3 is 1. The summed E-state index contributed by atoms with van der Waals surface area (Å²) in [4.78, 5) is 27.9. The van der Waals surface area contributed by atoms with Gasteiger partial charge in [0.05, 0.1) is 31.2 Å². The number of hydrogen-bond donors (Lipinski definition) is 2. The smallest absolute Gasteiger partial charge is 0.308 e. The van der Waals surface area contributed by atoms with Crippen molar-refractivity contribution in [3.8, 4) is 0 Å². The highest BCUT2D eigenvalue weighted by atomic mass is 16.9. The lowest BCUT2D eigenvalue weighted by Crippen LogP contribution is -2.72. The van der Waals surface area contributed by atoms with Gasteiger partial charge in [-0.25, -0.2) is 0 Å². The molecule has 0 aromatic rings. The van der Waals surface area contributed by atoms with Crippen molar-refractivity contribution in [2.45, 2.75) is 120 Å². The summed E-state index contributed by atoms with van der Waals surface area (Å²) in [5.74, 6) is -4.93. The number of epoxide rings is 1. The van der Waals surface area contributed by atoms with Crippen molar-refractivity contribution in [3.05, 3.63) is 12.2 Å². The topological polar surface area (TPSA) is 124 Å². The van der Waals surface area contributed by atoms with E-state index in [1.807, 2.05) is 13.8 Å². The van der Waals surface area contributed by atoms with Gasteiger partial charge in [-0.3, -0.25) is 9.59 Å². The maximum Gasteiger partial charge on any atom is 0.308 e. The Balaban J connectivity index is 1.61. The maximum atomic E-state index is 14.7. The van der Waals surface area contributed by atoms with Gasteiger partial charge in [-0.05, 0) is 43.1 Å². The number of ketones is 1. The molecule has 4 aliphatic heterocycles. The zero-order chi connectivity index (χ0) is 28.8. The van der Waals surface area contributed by atoms with E-state index >= 15 is 0 Å². The average molecular weight is 563 g/mol. The van der Waals surface area contributed by atoms with Crippen LogP contribution >= 0.6 is 0 Å². The van der Waals surface area contributed by atoms with E-state index < -0.39 is 77.1 Å². The van der Waals surface area contributed by atoms with Gasteiger partial charge in [-0.2, -0.15) is 0 Å². The molecule has 2 spiro atoms. The summed E-state index contributed by atoms with van der Waals surface area (Å²) >= 11 is 0. The fourth-order valence-corrected chi connectivity index (χ4v) is 9.59. The minimum absolute atomic E-state index is 0.0348. The number of carbonyl (C=O) groups is 2. The third-order valence-corrected chi connectivity index (χ3v) is 11.6. The van der Waals surface area contributed by atoms with Crippen molar-refractivity contribution in [3.63, 3.8) is 0 Å². The van der Waals surface area contributed by atoms with Crippen molar-refractivity contribution in [1.29, 1.82) is 0 Å². The molecule has 1 unspecified atom stereocenters. The monoisotopic (exact) mass is 562 g/mol. The third-order valence-electron chi connectivity index (χ3n) is 11.6. The number of aliphatic hydroxyl groups excluding tert-OH is 2. The van der Waals surface area contributed by atoms with E-state index in [-0.39, 0.29) is 17.8 Å². The highest BCUT2D eigenvalue weighted by molar-refractivity contribution is 5.90. The van der Waals surface area contributed by atoms with E-state index in [2.05, 4.69) is 20.4 Å². The fourth-order valence-electron chi connectivity index (χ4n) is 9.59. The molecule has 0 amide bonds. The summed E-state index contributed by atoms with van der Waals surface area (Å²) in [5, 5.41) is 22.2. The second kappa shape index (κ2) is 9.58. The van der Waals surface area contributed by atoms with E-state index in [0.717, 1.165) is 44.1 Å². The van der Waals surface area contributed by atoms with Gasteiger partial charge >= 0.3 is 5.97 Å². The average Bonchev–Trinajstić information content (AvgIpc) is 3.62. The lowest BCUT2D eigenvalue weighted by molar-refractivity contribution is -0.429. The van der Waals surface area contributed by atoms with Crippen LogP contribution in [0.4, 0.5) is 0 Å². The molecule has 6 aliphatic rings. The number of aliphatic hydroxyl groups is 2. The Hall–Kier alpha value is -1.36. The van der Waals surface area contributed by atoms with Gasteiger partial charge in [0.25, 0.3) is 5.97 Å². The Bertz CT molecular complexity index is 1080. The van der Waals surface area contributed by atoms with E-state index in [0.29, 0.717) is 12.8 Å². The minimum Gasteiger partial charge on any atom is -0.469 e. The van der Waals surface area contributed by atoms with Gasteiger partial charge in [0.15, 0.2) is 11.4 Å². The van der Waals surface area contributed by atoms with Gasteiger partial charge in [0, 0.05) is 12.3 Å². The highest BCUT2D eigenvalue weighted by Crippen LogP contribution is 2.71. The van der Waals surface area contributed by atoms with E-state index in [1.54, 1.807) is 0 Å². The summed E-state index contributed by atoms with van der Waals surface area (Å²) < 4.78 is 32.3. The first-order chi connectivity index (χ1) is 18.9. The zero-order valence-corrected chi connectivity index (χ0v) is 24.5. The van der Waals surface area contributed by atoms with Crippen LogP contribution in [0.25, 0.3) is 0 Å². The van der Waals surface area contributed by atoms with Gasteiger partial charge in [0.2, 0.25) is 0 Å². The molecule has 40 heavy (non-hydrogen) atoms. The summed E-state index contributed by atoms with van der Waals surface area (Å²) in [6, 6.07) is 0. The standard InChI is InChI=1S/C31H46O9/c1-16(2)28-14-18(4)31-21-20(19(5)27(35)36-6)17(3)12-10-8-7-9-11-13-30(39-28,40-31)38-25(28)22(31)26-29(15-32,37-26)24(34)23(21)33/h17-22,24-26,32,34H,1,7-15H2,2-6H3/t17-,18-,19+,20+,21-,22-,24+,25-,26+,28-,29-,30?,31+/m1/s1. The molecule has 0 aromatic heterocycles. The fraction of sp³-hybridized carbons (Fsp3) is 0.871. The summed E-state index contributed by atoms with van der Waals surface area (Å²) in [6.45, 7) is 11.8. The molecular formula is C31H46O9. The van der Waals surface area contributed by atoms with Crippen LogP contribution in [0.5, 0.6) is 0 Å². The van der Waals surface area contributed by atoms with Gasteiger partial charge in [0.1, 0.15) is 23.9 Å². The number of rotatable bonds is 4. The Morgan fingerprint density at radius 3 is 2.50 bits per heavy atom. The quantitative estimate of drug-likeness (QED) is 0.302. The summed E-state index contributed by atoms with van der Waals surface area (Å²) in [5.41, 5.74) is -2.62. The minimum atomic E-state index is -1.56. The Morgan fingerprint density at radius 1 is 1.12 bits per heavy atom. The molecule has 3 bridgehead atoms. The van der Waals surface area contributed by atoms with Crippen molar-refractivity contribution in [2.75, 3.05) is 13.7 Å². The zero-order valence-electron chi connectivity index (χ0n) is 24.5. The molecule has 224 valence electrons. The van der Waals surface area contributed by atoms with Crippen molar-refractivity contribution < 1.29 is 43.5 Å². The summed E-state index contributed by atoms with van der Waals surface area (Å²) in [6.07, 6.45) is 4.03. The molecular weight excluding hydrogens is 516 g/mol. The molecule has 6 fully saturated rings. The summed E-state index contributed by atoms with van der Waals surface area (Å²) in [7, 11) is 1.37. The van der Waals surface area contributed by atoms with E-state index in [1.165, 1.54) is 7.11 Å². The van der Waals surface area contributed by atoms with Gasteiger partial charge in [-0.1, -0.05) is 59.5 Å². The molecule has 6 rings (SSSR count). The molecule has 2 aliphatic carbocycles. The number of fused-ring (bicyclic) bond motifs is 1. The molecule has 4 heterocycles. The number of carbonyl (C=O) groups excluding carboxylic acids is 2. The molecule has 0 aromatic carbocycles. The predicted molar refractivity (Wildman–Crippen MR) is 143 cm³/mol. The van der Waals surface area contributed by atoms with Gasteiger partial charge < -0.3 is 33.9 Å². The number of hydrogen-bond acceptors (Lipinski definition) is 9. The molecule has 4 saturated heterocycles. The van der Waals surface area contributed by atoms with Crippen LogP contribution < -0.4 is 0 Å². The Morgan fingerprint density at radius 2 is 1.82 bits per heavy atom. The van der Waals surface area contributed by atoms with Crippen LogP contribution in [0.2, 0.25) is 0 Å². The predicted octanol–water partition coefficient (Wildman–Crippen LogP) is 3.29. The molecule has 9 heteroatoms. The first kappa shape index (κ1) is 28.7. The van der Waals surface area contributed by atoms with Crippen LogP contribution in [0.15, 0.2) is 12.2 Å². The molecule has 2 N–H and O–H groups in total. The van der Waals surface area contributed by atoms with E-state index in [4.69, 9.17) is 23.7 Å². The molecule has 0 radical (unpaired) electrons. The lowest BCUT2D eigenvalue weighted by Gasteiger charge is -2.60. The van der Waals surface area contributed by atoms with Crippen LogP contribution in [-0.4, -0.2) is 76.8 Å². The number of esters is 1. The van der Waals surface area contributed by atoms with Crippen molar-refractivity contribution in [2.24, 2.45) is 35.5 Å². The maximum absolute atomic E-state index is 14.7. The van der Waals surface area contributed by atoms with Crippen LogP contribution in [-0.2, 0) is 33.3 Å². The highest BCUT2D eigenvalue weighted by Gasteiger charge is 2.86. The number of ether oxygens (including phenoxy) is 5.